The summed E-state index contributed by atoms with van der Waals surface area (Å²) in [6, 6.07) is 7.69. The predicted molar refractivity (Wildman–Crippen MR) is 106 cm³/mol. The number of hydrogen-bond acceptors (Lipinski definition) is 5. The van der Waals surface area contributed by atoms with E-state index in [1.165, 1.54) is 25.4 Å². The summed E-state index contributed by atoms with van der Waals surface area (Å²) in [5.41, 5.74) is 0.937. The van der Waals surface area contributed by atoms with Crippen LogP contribution < -0.4 is 20.7 Å². The number of rotatable bonds is 7. The van der Waals surface area contributed by atoms with Gasteiger partial charge in [-0.3, -0.25) is 14.4 Å². The first-order valence-electron chi connectivity index (χ1n) is 8.42. The molecule has 0 bridgehead atoms. The van der Waals surface area contributed by atoms with Crippen LogP contribution in [0.25, 0.3) is 0 Å². The molecule has 1 atom stereocenters. The van der Waals surface area contributed by atoms with Gasteiger partial charge in [0.1, 0.15) is 11.8 Å². The minimum Gasteiger partial charge on any atom is -0.495 e. The van der Waals surface area contributed by atoms with Crippen LogP contribution in [0.3, 0.4) is 0 Å². The second-order valence-electron chi connectivity index (χ2n) is 6.26. The number of amides is 3. The van der Waals surface area contributed by atoms with Crippen LogP contribution >= 0.6 is 11.3 Å². The molecule has 0 aliphatic heterocycles. The van der Waals surface area contributed by atoms with Crippen LogP contribution in [0.2, 0.25) is 0 Å². The van der Waals surface area contributed by atoms with E-state index in [0.717, 1.165) is 0 Å². The van der Waals surface area contributed by atoms with E-state index < -0.39 is 6.04 Å². The first-order chi connectivity index (χ1) is 12.8. The van der Waals surface area contributed by atoms with Crippen molar-refractivity contribution in [1.82, 2.24) is 5.32 Å². The minimum atomic E-state index is -0.728. The molecule has 7 nitrogen and oxygen atoms in total. The fourth-order valence-corrected chi connectivity index (χ4v) is 3.08. The van der Waals surface area contributed by atoms with Gasteiger partial charge in [0.15, 0.2) is 0 Å². The third-order valence-electron chi connectivity index (χ3n) is 3.76. The summed E-state index contributed by atoms with van der Waals surface area (Å²) >= 11 is 1.31. The van der Waals surface area contributed by atoms with Crippen molar-refractivity contribution in [2.24, 2.45) is 5.92 Å². The van der Waals surface area contributed by atoms with E-state index in [9.17, 15) is 14.4 Å². The smallest absolute Gasteiger partial charge is 0.262 e. The zero-order chi connectivity index (χ0) is 20.0. The number of nitrogens with one attached hydrogen (secondary N) is 3. The third-order valence-corrected chi connectivity index (χ3v) is 4.63. The van der Waals surface area contributed by atoms with Crippen LogP contribution in [-0.4, -0.2) is 30.9 Å². The number of benzene rings is 1. The van der Waals surface area contributed by atoms with E-state index in [-0.39, 0.29) is 23.6 Å². The Hall–Kier alpha value is -2.87. The number of thiophene rings is 1. The highest BCUT2D eigenvalue weighted by molar-refractivity contribution is 7.12. The van der Waals surface area contributed by atoms with Gasteiger partial charge in [-0.1, -0.05) is 19.9 Å². The van der Waals surface area contributed by atoms with E-state index in [0.29, 0.717) is 22.0 Å². The van der Waals surface area contributed by atoms with Gasteiger partial charge in [0.05, 0.1) is 17.7 Å². The average molecular weight is 389 g/mol. The van der Waals surface area contributed by atoms with Crippen molar-refractivity contribution < 1.29 is 19.1 Å². The molecule has 0 aliphatic rings. The van der Waals surface area contributed by atoms with Crippen molar-refractivity contribution >= 4 is 40.4 Å². The Labute approximate surface area is 162 Å². The minimum absolute atomic E-state index is 0.126. The van der Waals surface area contributed by atoms with Gasteiger partial charge in [0, 0.05) is 12.6 Å². The van der Waals surface area contributed by atoms with Crippen molar-refractivity contribution in [3.05, 3.63) is 40.6 Å². The molecule has 1 aromatic heterocycles. The van der Waals surface area contributed by atoms with Gasteiger partial charge in [0.25, 0.3) is 5.91 Å². The first kappa shape index (κ1) is 20.4. The molecule has 1 heterocycles. The number of hydrogen-bond donors (Lipinski definition) is 3. The Morgan fingerprint density at radius 3 is 2.41 bits per heavy atom. The summed E-state index contributed by atoms with van der Waals surface area (Å²) in [5, 5.41) is 10.0. The van der Waals surface area contributed by atoms with E-state index in [1.807, 2.05) is 13.8 Å². The fourth-order valence-electron chi connectivity index (χ4n) is 2.45. The molecule has 8 heteroatoms. The van der Waals surface area contributed by atoms with Gasteiger partial charge in [-0.2, -0.15) is 0 Å². The number of methoxy groups -OCH3 is 1. The highest BCUT2D eigenvalue weighted by Gasteiger charge is 2.26. The van der Waals surface area contributed by atoms with Crippen molar-refractivity contribution in [3.63, 3.8) is 0 Å². The maximum Gasteiger partial charge on any atom is 0.262 e. The fraction of sp³-hybridized carbons (Fsp3) is 0.316. The molecule has 3 N–H and O–H groups in total. The largest absolute Gasteiger partial charge is 0.495 e. The van der Waals surface area contributed by atoms with Crippen LogP contribution in [0.1, 0.15) is 30.4 Å². The number of anilines is 2. The monoisotopic (exact) mass is 389 g/mol. The molecular formula is C19H23N3O4S. The number of carbonyl (C=O) groups excluding carboxylic acids is 3. The lowest BCUT2D eigenvalue weighted by atomic mass is 10.0. The van der Waals surface area contributed by atoms with Crippen molar-refractivity contribution in [2.75, 3.05) is 17.7 Å². The van der Waals surface area contributed by atoms with Crippen LogP contribution in [-0.2, 0) is 9.59 Å². The van der Waals surface area contributed by atoms with Gasteiger partial charge in [0.2, 0.25) is 11.8 Å². The lowest BCUT2D eigenvalue weighted by Gasteiger charge is -2.22. The zero-order valence-electron chi connectivity index (χ0n) is 15.7. The molecule has 2 aromatic rings. The lowest BCUT2D eigenvalue weighted by molar-refractivity contribution is -0.119. The van der Waals surface area contributed by atoms with Gasteiger partial charge in [-0.15, -0.1) is 11.3 Å². The maximum atomic E-state index is 12.8. The highest BCUT2D eigenvalue weighted by atomic mass is 32.1. The topological polar surface area (TPSA) is 96.5 Å². The van der Waals surface area contributed by atoms with Gasteiger partial charge < -0.3 is 20.7 Å². The maximum absolute atomic E-state index is 12.8. The van der Waals surface area contributed by atoms with Crippen molar-refractivity contribution in [1.29, 1.82) is 0 Å². The Balaban J connectivity index is 2.19. The highest BCUT2D eigenvalue weighted by Crippen LogP contribution is 2.28. The third kappa shape index (κ3) is 5.55. The summed E-state index contributed by atoms with van der Waals surface area (Å²) in [6.07, 6.45) is 0. The van der Waals surface area contributed by atoms with E-state index in [1.54, 1.807) is 35.7 Å². The Bertz CT molecular complexity index is 818. The summed E-state index contributed by atoms with van der Waals surface area (Å²) < 4.78 is 5.27. The molecule has 144 valence electrons. The molecule has 1 unspecified atom stereocenters. The van der Waals surface area contributed by atoms with Gasteiger partial charge >= 0.3 is 0 Å². The second kappa shape index (κ2) is 9.18. The summed E-state index contributed by atoms with van der Waals surface area (Å²) in [5.74, 6) is -0.560. The van der Waals surface area contributed by atoms with E-state index in [2.05, 4.69) is 16.0 Å². The molecular weight excluding hydrogens is 366 g/mol. The van der Waals surface area contributed by atoms with Crippen molar-refractivity contribution in [3.8, 4) is 5.75 Å². The molecule has 1 aromatic carbocycles. The summed E-state index contributed by atoms with van der Waals surface area (Å²) in [7, 11) is 1.49. The lowest BCUT2D eigenvalue weighted by Crippen LogP contribution is -2.47. The van der Waals surface area contributed by atoms with Crippen LogP contribution in [0.15, 0.2) is 35.7 Å². The molecule has 0 aliphatic carbocycles. The Morgan fingerprint density at radius 1 is 1.11 bits per heavy atom. The molecule has 0 radical (unpaired) electrons. The van der Waals surface area contributed by atoms with Crippen LogP contribution in [0, 0.1) is 5.92 Å². The molecule has 0 saturated carbocycles. The molecule has 27 heavy (non-hydrogen) atoms. The molecule has 0 saturated heterocycles. The van der Waals surface area contributed by atoms with Gasteiger partial charge in [-0.05, 0) is 35.6 Å². The molecule has 0 spiro atoms. The van der Waals surface area contributed by atoms with Crippen molar-refractivity contribution in [2.45, 2.75) is 26.8 Å². The molecule has 3 amide bonds. The van der Waals surface area contributed by atoms with Crippen LogP contribution in [0.4, 0.5) is 11.4 Å². The summed E-state index contributed by atoms with van der Waals surface area (Å²) in [4.78, 5) is 36.9. The SMILES string of the molecule is COc1ccc(NC(C)=O)cc1NC(=O)C(NC(=O)c1cccs1)C(C)C. The molecule has 2 rings (SSSR count). The summed E-state index contributed by atoms with van der Waals surface area (Å²) in [6.45, 7) is 5.10. The predicted octanol–water partition coefficient (Wildman–Crippen LogP) is 3.11. The number of carbonyl (C=O) groups is 3. The average Bonchev–Trinajstić information content (AvgIpc) is 3.13. The number of ether oxygens (including phenoxy) is 1. The Kier molecular flexibility index (Phi) is 6.95. The van der Waals surface area contributed by atoms with E-state index in [4.69, 9.17) is 4.74 Å². The van der Waals surface area contributed by atoms with Crippen LogP contribution in [0.5, 0.6) is 5.75 Å². The van der Waals surface area contributed by atoms with E-state index >= 15 is 0 Å². The zero-order valence-corrected chi connectivity index (χ0v) is 16.5. The first-order valence-corrected chi connectivity index (χ1v) is 9.30. The van der Waals surface area contributed by atoms with Gasteiger partial charge in [-0.25, -0.2) is 0 Å². The normalized spacial score (nSPS) is 11.6. The molecule has 0 fully saturated rings. The quantitative estimate of drug-likeness (QED) is 0.678. The second-order valence-corrected chi connectivity index (χ2v) is 7.21. The Morgan fingerprint density at radius 2 is 1.85 bits per heavy atom. The standard InChI is InChI=1S/C19H23N3O4S/c1-11(2)17(22-18(24)16-6-5-9-27-16)19(25)21-14-10-13(20-12(3)23)7-8-15(14)26-4/h5-11,17H,1-4H3,(H,20,23)(H,21,25)(H,22,24).